The molecule has 2 nitrogen and oxygen atoms in total. The van der Waals surface area contributed by atoms with Crippen LogP contribution in [0.1, 0.15) is 29.0 Å². The van der Waals surface area contributed by atoms with Crippen molar-refractivity contribution in [1.82, 2.24) is 4.90 Å². The van der Waals surface area contributed by atoms with E-state index in [4.69, 9.17) is 4.74 Å². The van der Waals surface area contributed by atoms with Crippen LogP contribution in [0, 0.1) is 0 Å². The van der Waals surface area contributed by atoms with Crippen molar-refractivity contribution < 1.29 is 4.74 Å². The standard InChI is InChI=1S/C20H23NO/c1-2-6-16(7-3-1)20-15-18(21-10-12-22-13-11-21)14-17-8-4-5-9-19(17)20/h1-9,18,20H,10-15H2. The van der Waals surface area contributed by atoms with Gasteiger partial charge in [0, 0.05) is 25.0 Å². The molecular weight excluding hydrogens is 270 g/mol. The van der Waals surface area contributed by atoms with Gasteiger partial charge in [-0.25, -0.2) is 0 Å². The first-order chi connectivity index (χ1) is 10.9. The van der Waals surface area contributed by atoms with E-state index in [1.54, 1.807) is 0 Å². The molecule has 0 spiro atoms. The molecule has 0 aromatic heterocycles. The van der Waals surface area contributed by atoms with E-state index in [2.05, 4.69) is 59.5 Å². The highest BCUT2D eigenvalue weighted by atomic mass is 16.5. The second-order valence-electron chi connectivity index (χ2n) is 6.40. The Kier molecular flexibility index (Phi) is 3.96. The largest absolute Gasteiger partial charge is 0.379 e. The molecule has 0 bridgehead atoms. The van der Waals surface area contributed by atoms with Crippen molar-refractivity contribution in [2.75, 3.05) is 26.3 Å². The van der Waals surface area contributed by atoms with Crippen molar-refractivity contribution in [2.24, 2.45) is 0 Å². The SMILES string of the molecule is c1ccc(C2CC(N3CCOCC3)Cc3ccccc32)cc1. The molecule has 0 radical (unpaired) electrons. The van der Waals surface area contributed by atoms with Crippen LogP contribution in [0.2, 0.25) is 0 Å². The molecule has 2 aromatic rings. The van der Waals surface area contributed by atoms with Crippen molar-refractivity contribution in [3.63, 3.8) is 0 Å². The maximum absolute atomic E-state index is 5.53. The van der Waals surface area contributed by atoms with Gasteiger partial charge >= 0.3 is 0 Å². The normalized spacial score (nSPS) is 25.6. The molecule has 22 heavy (non-hydrogen) atoms. The van der Waals surface area contributed by atoms with Crippen LogP contribution in [-0.2, 0) is 11.2 Å². The quantitative estimate of drug-likeness (QED) is 0.840. The molecule has 2 unspecified atom stereocenters. The van der Waals surface area contributed by atoms with E-state index in [0.717, 1.165) is 26.3 Å². The van der Waals surface area contributed by atoms with Gasteiger partial charge in [0.25, 0.3) is 0 Å². The lowest BCUT2D eigenvalue weighted by atomic mass is 9.76. The highest BCUT2D eigenvalue weighted by molar-refractivity contribution is 5.41. The Labute approximate surface area is 132 Å². The van der Waals surface area contributed by atoms with Crippen LogP contribution in [0.4, 0.5) is 0 Å². The molecule has 0 N–H and O–H groups in total. The zero-order chi connectivity index (χ0) is 14.8. The number of benzene rings is 2. The Balaban J connectivity index is 1.67. The number of morpholine rings is 1. The minimum absolute atomic E-state index is 0.527. The molecule has 2 atom stereocenters. The van der Waals surface area contributed by atoms with E-state index in [-0.39, 0.29) is 0 Å². The predicted molar refractivity (Wildman–Crippen MR) is 89.2 cm³/mol. The molecule has 0 amide bonds. The van der Waals surface area contributed by atoms with Gasteiger partial charge in [-0.2, -0.15) is 0 Å². The van der Waals surface area contributed by atoms with E-state index < -0.39 is 0 Å². The first-order valence-corrected chi connectivity index (χ1v) is 8.36. The molecule has 1 aliphatic heterocycles. The minimum Gasteiger partial charge on any atom is -0.379 e. The Morgan fingerprint density at radius 2 is 1.59 bits per heavy atom. The van der Waals surface area contributed by atoms with E-state index >= 15 is 0 Å². The fraction of sp³-hybridized carbons (Fsp3) is 0.400. The zero-order valence-electron chi connectivity index (χ0n) is 12.9. The molecule has 114 valence electrons. The van der Waals surface area contributed by atoms with Gasteiger partial charge in [-0.05, 0) is 29.5 Å². The van der Waals surface area contributed by atoms with Gasteiger partial charge in [0.05, 0.1) is 13.2 Å². The van der Waals surface area contributed by atoms with Crippen LogP contribution in [0.25, 0.3) is 0 Å². The number of rotatable bonds is 2. The minimum atomic E-state index is 0.527. The monoisotopic (exact) mass is 293 g/mol. The number of hydrogen-bond donors (Lipinski definition) is 0. The molecule has 2 heteroatoms. The van der Waals surface area contributed by atoms with Gasteiger partial charge in [-0.15, -0.1) is 0 Å². The summed E-state index contributed by atoms with van der Waals surface area (Å²) in [4.78, 5) is 2.63. The Morgan fingerprint density at radius 1 is 0.864 bits per heavy atom. The smallest absolute Gasteiger partial charge is 0.0594 e. The lowest BCUT2D eigenvalue weighted by Gasteiger charge is -2.40. The third-order valence-electron chi connectivity index (χ3n) is 5.16. The summed E-state index contributed by atoms with van der Waals surface area (Å²) < 4.78 is 5.53. The first-order valence-electron chi connectivity index (χ1n) is 8.36. The van der Waals surface area contributed by atoms with E-state index in [1.165, 1.54) is 29.5 Å². The number of fused-ring (bicyclic) bond motifs is 1. The van der Waals surface area contributed by atoms with Crippen molar-refractivity contribution in [3.8, 4) is 0 Å². The van der Waals surface area contributed by atoms with Crippen LogP contribution in [-0.4, -0.2) is 37.2 Å². The van der Waals surface area contributed by atoms with Crippen molar-refractivity contribution in [1.29, 1.82) is 0 Å². The van der Waals surface area contributed by atoms with Gasteiger partial charge in [0.2, 0.25) is 0 Å². The van der Waals surface area contributed by atoms with Gasteiger partial charge < -0.3 is 4.74 Å². The van der Waals surface area contributed by atoms with Crippen LogP contribution in [0.3, 0.4) is 0 Å². The highest BCUT2D eigenvalue weighted by Crippen LogP contribution is 2.38. The number of nitrogens with zero attached hydrogens (tertiary/aromatic N) is 1. The molecule has 4 rings (SSSR count). The predicted octanol–water partition coefficient (Wildman–Crippen LogP) is 3.47. The van der Waals surface area contributed by atoms with E-state index in [0.29, 0.717) is 12.0 Å². The molecule has 0 saturated carbocycles. The molecule has 1 fully saturated rings. The highest BCUT2D eigenvalue weighted by Gasteiger charge is 2.31. The van der Waals surface area contributed by atoms with Crippen LogP contribution in [0.5, 0.6) is 0 Å². The summed E-state index contributed by atoms with van der Waals surface area (Å²) in [5, 5.41) is 0. The average molecular weight is 293 g/mol. The van der Waals surface area contributed by atoms with Crippen molar-refractivity contribution >= 4 is 0 Å². The molecular formula is C20H23NO. The summed E-state index contributed by atoms with van der Waals surface area (Å²) in [6.45, 7) is 3.92. The van der Waals surface area contributed by atoms with Crippen molar-refractivity contribution in [3.05, 3.63) is 71.3 Å². The molecule has 1 heterocycles. The van der Waals surface area contributed by atoms with Crippen LogP contribution in [0.15, 0.2) is 54.6 Å². The lowest BCUT2D eigenvalue weighted by molar-refractivity contribution is 0.0126. The Bertz CT molecular complexity index is 619. The fourth-order valence-corrected chi connectivity index (χ4v) is 4.02. The summed E-state index contributed by atoms with van der Waals surface area (Å²) >= 11 is 0. The van der Waals surface area contributed by atoms with Gasteiger partial charge in [-0.3, -0.25) is 4.90 Å². The maximum atomic E-state index is 5.53. The topological polar surface area (TPSA) is 12.5 Å². The summed E-state index contributed by atoms with van der Waals surface area (Å²) in [6, 6.07) is 20.6. The molecule has 1 aliphatic carbocycles. The Morgan fingerprint density at radius 3 is 2.41 bits per heavy atom. The van der Waals surface area contributed by atoms with E-state index in [9.17, 15) is 0 Å². The summed E-state index contributed by atoms with van der Waals surface area (Å²) in [5.74, 6) is 0.527. The summed E-state index contributed by atoms with van der Waals surface area (Å²) in [7, 11) is 0. The molecule has 2 aromatic carbocycles. The van der Waals surface area contributed by atoms with E-state index in [1.807, 2.05) is 0 Å². The van der Waals surface area contributed by atoms with Crippen molar-refractivity contribution in [2.45, 2.75) is 24.8 Å². The van der Waals surface area contributed by atoms with Gasteiger partial charge in [-0.1, -0.05) is 54.6 Å². The van der Waals surface area contributed by atoms with Gasteiger partial charge in [0.15, 0.2) is 0 Å². The molecule has 1 saturated heterocycles. The van der Waals surface area contributed by atoms with Crippen LogP contribution >= 0.6 is 0 Å². The number of ether oxygens (including phenoxy) is 1. The summed E-state index contributed by atoms with van der Waals surface area (Å²) in [5.41, 5.74) is 4.50. The van der Waals surface area contributed by atoms with Gasteiger partial charge in [0.1, 0.15) is 0 Å². The first kappa shape index (κ1) is 14.0. The zero-order valence-corrected chi connectivity index (χ0v) is 12.9. The Hall–Kier alpha value is -1.64. The number of hydrogen-bond acceptors (Lipinski definition) is 2. The second kappa shape index (κ2) is 6.23. The second-order valence-corrected chi connectivity index (χ2v) is 6.40. The fourth-order valence-electron chi connectivity index (χ4n) is 4.02. The molecule has 2 aliphatic rings. The van der Waals surface area contributed by atoms with Crippen LogP contribution < -0.4 is 0 Å². The maximum Gasteiger partial charge on any atom is 0.0594 e. The third kappa shape index (κ3) is 2.69. The lowest BCUT2D eigenvalue weighted by Crippen LogP contribution is -2.46. The summed E-state index contributed by atoms with van der Waals surface area (Å²) in [6.07, 6.45) is 2.40. The average Bonchev–Trinajstić information content (AvgIpc) is 2.62. The third-order valence-corrected chi connectivity index (χ3v) is 5.16.